The van der Waals surface area contributed by atoms with Gasteiger partial charge >= 0.3 is 12.4 Å². The quantitative estimate of drug-likeness (QED) is 0.366. The van der Waals surface area contributed by atoms with Gasteiger partial charge in [0.1, 0.15) is 12.9 Å². The third-order valence-corrected chi connectivity index (χ3v) is 7.48. The van der Waals surface area contributed by atoms with E-state index in [1.165, 1.54) is 0 Å². The number of hydrogen-bond acceptors (Lipinski definition) is 5. The van der Waals surface area contributed by atoms with Crippen molar-refractivity contribution in [3.05, 3.63) is 82.9 Å². The monoisotopic (exact) mass is 554 g/mol. The molecule has 2 aliphatic heterocycles. The lowest BCUT2D eigenvalue weighted by molar-refractivity contribution is -0.143. The van der Waals surface area contributed by atoms with Crippen LogP contribution in [0.5, 0.6) is 0 Å². The Hall–Kier alpha value is -2.96. The molecule has 2 fully saturated rings. The van der Waals surface area contributed by atoms with Gasteiger partial charge in [-0.25, -0.2) is 4.98 Å². The number of aryl methyl sites for hydroxylation is 1. The summed E-state index contributed by atoms with van der Waals surface area (Å²) in [5.41, 5.74) is -2.58. The SMILES string of the molecule is Cn1cnc(COCC2CC3(c4ccccc4)NC2CCC3OCc2cc(C(F)(F)F)cc(C(F)(F)F)c2)n1. The molecule has 2 aliphatic rings. The maximum absolute atomic E-state index is 13.4. The van der Waals surface area contributed by atoms with E-state index in [9.17, 15) is 26.3 Å². The Morgan fingerprint density at radius 2 is 1.67 bits per heavy atom. The van der Waals surface area contributed by atoms with E-state index in [0.717, 1.165) is 24.1 Å². The van der Waals surface area contributed by atoms with Crippen LogP contribution in [0, 0.1) is 5.92 Å². The molecule has 3 heterocycles. The van der Waals surface area contributed by atoms with Crippen LogP contribution in [0.25, 0.3) is 0 Å². The van der Waals surface area contributed by atoms with Gasteiger partial charge in [-0.2, -0.15) is 31.4 Å². The Kier molecular flexibility index (Phi) is 7.47. The average molecular weight is 555 g/mol. The molecule has 0 saturated carbocycles. The number of piperidine rings is 1. The van der Waals surface area contributed by atoms with Crippen LogP contribution in [-0.2, 0) is 47.6 Å². The molecule has 210 valence electrons. The first-order valence-corrected chi connectivity index (χ1v) is 12.6. The van der Waals surface area contributed by atoms with Crippen LogP contribution in [0.2, 0.25) is 0 Å². The Balaban J connectivity index is 1.35. The molecular weight excluding hydrogens is 526 g/mol. The highest BCUT2D eigenvalue weighted by atomic mass is 19.4. The highest BCUT2D eigenvalue weighted by Crippen LogP contribution is 2.48. The topological polar surface area (TPSA) is 61.2 Å². The lowest BCUT2D eigenvalue weighted by Gasteiger charge is -2.42. The first-order chi connectivity index (χ1) is 18.4. The van der Waals surface area contributed by atoms with E-state index in [-0.39, 0.29) is 36.8 Å². The number of alkyl halides is 6. The van der Waals surface area contributed by atoms with E-state index in [4.69, 9.17) is 9.47 Å². The number of hydrogen-bond donors (Lipinski definition) is 1. The number of rotatable bonds is 8. The molecule has 39 heavy (non-hydrogen) atoms. The van der Waals surface area contributed by atoms with Crippen LogP contribution < -0.4 is 5.32 Å². The van der Waals surface area contributed by atoms with Crippen molar-refractivity contribution in [2.24, 2.45) is 13.0 Å². The van der Waals surface area contributed by atoms with Gasteiger partial charge in [0, 0.05) is 13.1 Å². The minimum absolute atomic E-state index is 0.118. The highest BCUT2D eigenvalue weighted by molar-refractivity contribution is 5.34. The lowest BCUT2D eigenvalue weighted by atomic mass is 9.80. The number of fused-ring (bicyclic) bond motifs is 2. The summed E-state index contributed by atoms with van der Waals surface area (Å²) in [5, 5.41) is 7.89. The predicted molar refractivity (Wildman–Crippen MR) is 128 cm³/mol. The fourth-order valence-corrected chi connectivity index (χ4v) is 5.75. The second-order valence-corrected chi connectivity index (χ2v) is 10.2. The van der Waals surface area contributed by atoms with E-state index >= 15 is 0 Å². The number of halogens is 6. The summed E-state index contributed by atoms with van der Waals surface area (Å²) in [5.74, 6) is 0.692. The second-order valence-electron chi connectivity index (χ2n) is 10.2. The van der Waals surface area contributed by atoms with Crippen LogP contribution in [0.3, 0.4) is 0 Å². The van der Waals surface area contributed by atoms with Gasteiger partial charge < -0.3 is 14.8 Å². The first kappa shape index (κ1) is 27.6. The Morgan fingerprint density at radius 3 is 2.28 bits per heavy atom. The van der Waals surface area contributed by atoms with Crippen LogP contribution in [0.1, 0.15) is 47.3 Å². The van der Waals surface area contributed by atoms with Gasteiger partial charge in [0.2, 0.25) is 0 Å². The van der Waals surface area contributed by atoms with Gasteiger partial charge in [-0.1, -0.05) is 30.3 Å². The molecule has 4 atom stereocenters. The summed E-state index contributed by atoms with van der Waals surface area (Å²) in [6.07, 6.45) is -6.74. The summed E-state index contributed by atoms with van der Waals surface area (Å²) in [6.45, 7) is 0.324. The predicted octanol–water partition coefficient (Wildman–Crippen LogP) is 5.62. The molecule has 0 amide bonds. The van der Waals surface area contributed by atoms with Crippen LogP contribution >= 0.6 is 0 Å². The summed E-state index contributed by atoms with van der Waals surface area (Å²) in [7, 11) is 1.77. The third kappa shape index (κ3) is 5.97. The number of ether oxygens (including phenoxy) is 2. The molecule has 2 bridgehead atoms. The molecule has 1 aromatic heterocycles. The number of aromatic nitrogens is 3. The van der Waals surface area contributed by atoms with Crippen LogP contribution in [0.4, 0.5) is 26.3 Å². The lowest BCUT2D eigenvalue weighted by Crippen LogP contribution is -2.54. The van der Waals surface area contributed by atoms with Gasteiger partial charge in [0.05, 0.1) is 36.0 Å². The number of nitrogens with zero attached hydrogens (tertiary/aromatic N) is 3. The van der Waals surface area contributed by atoms with Crippen molar-refractivity contribution in [2.45, 2.75) is 62.5 Å². The summed E-state index contributed by atoms with van der Waals surface area (Å²) in [6, 6.07) is 11.3. The molecule has 1 N–H and O–H groups in total. The normalized spacial score (nSPS) is 25.3. The standard InChI is InChI=1S/C27H28F6N4O2/c1-37-16-34-24(36-37)15-38-14-18-12-25(19-5-3-2-4-6-19)23(8-7-22(18)35-25)39-13-17-9-20(26(28,29)30)11-21(10-17)27(31,32)33/h2-6,9-11,16,18,22-23,35H,7-8,12-15H2,1H3. The second kappa shape index (κ2) is 10.5. The molecule has 12 heteroatoms. The van der Waals surface area contributed by atoms with E-state index in [1.807, 2.05) is 30.3 Å². The summed E-state index contributed by atoms with van der Waals surface area (Å²) < 4.78 is 93.8. The fraction of sp³-hybridized carbons (Fsp3) is 0.481. The fourth-order valence-electron chi connectivity index (χ4n) is 5.75. The summed E-state index contributed by atoms with van der Waals surface area (Å²) in [4.78, 5) is 4.17. The highest BCUT2D eigenvalue weighted by Gasteiger charge is 2.54. The largest absolute Gasteiger partial charge is 0.416 e. The van der Waals surface area contributed by atoms with Crippen molar-refractivity contribution < 1.29 is 35.8 Å². The van der Waals surface area contributed by atoms with Crippen molar-refractivity contribution in [3.63, 3.8) is 0 Å². The van der Waals surface area contributed by atoms with E-state index in [2.05, 4.69) is 15.4 Å². The van der Waals surface area contributed by atoms with Crippen molar-refractivity contribution in [1.82, 2.24) is 20.1 Å². The van der Waals surface area contributed by atoms with Gasteiger partial charge in [-0.3, -0.25) is 4.68 Å². The van der Waals surface area contributed by atoms with Gasteiger partial charge in [-0.05, 0) is 54.5 Å². The zero-order valence-corrected chi connectivity index (χ0v) is 21.1. The molecular formula is C27H28F6N4O2. The zero-order chi connectivity index (χ0) is 27.8. The maximum Gasteiger partial charge on any atom is 0.416 e. The number of benzene rings is 2. The molecule has 2 saturated heterocycles. The minimum atomic E-state index is -4.91. The van der Waals surface area contributed by atoms with Crippen molar-refractivity contribution in [2.75, 3.05) is 6.61 Å². The molecule has 3 aromatic rings. The molecule has 0 spiro atoms. The Bertz CT molecular complexity index is 1250. The molecule has 0 aliphatic carbocycles. The van der Waals surface area contributed by atoms with Crippen molar-refractivity contribution in [1.29, 1.82) is 0 Å². The van der Waals surface area contributed by atoms with Crippen molar-refractivity contribution >= 4 is 0 Å². The molecule has 2 aromatic carbocycles. The summed E-state index contributed by atoms with van der Waals surface area (Å²) >= 11 is 0. The smallest absolute Gasteiger partial charge is 0.373 e. The molecule has 4 unspecified atom stereocenters. The van der Waals surface area contributed by atoms with Gasteiger partial charge in [0.25, 0.3) is 0 Å². The Morgan fingerprint density at radius 1 is 0.974 bits per heavy atom. The van der Waals surface area contributed by atoms with E-state index in [0.29, 0.717) is 25.3 Å². The Labute approximate surface area is 221 Å². The van der Waals surface area contributed by atoms with E-state index < -0.39 is 35.1 Å². The third-order valence-electron chi connectivity index (χ3n) is 7.48. The molecule has 5 rings (SSSR count). The van der Waals surface area contributed by atoms with E-state index in [1.54, 1.807) is 18.1 Å². The van der Waals surface area contributed by atoms with Crippen LogP contribution in [0.15, 0.2) is 54.9 Å². The maximum atomic E-state index is 13.4. The molecule has 0 radical (unpaired) electrons. The molecule has 6 nitrogen and oxygen atoms in total. The minimum Gasteiger partial charge on any atom is -0.373 e. The van der Waals surface area contributed by atoms with Crippen LogP contribution in [-0.4, -0.2) is 33.5 Å². The number of nitrogens with one attached hydrogen (secondary N) is 1. The zero-order valence-electron chi connectivity index (χ0n) is 21.1. The average Bonchev–Trinajstić information content (AvgIpc) is 3.44. The van der Waals surface area contributed by atoms with Crippen molar-refractivity contribution in [3.8, 4) is 0 Å². The van der Waals surface area contributed by atoms with Gasteiger partial charge in [-0.15, -0.1) is 0 Å². The first-order valence-electron chi connectivity index (χ1n) is 12.6. The van der Waals surface area contributed by atoms with Gasteiger partial charge in [0.15, 0.2) is 5.82 Å².